The Morgan fingerprint density at radius 1 is 1.19 bits per heavy atom. The summed E-state index contributed by atoms with van der Waals surface area (Å²) >= 11 is 5.52. The largest absolute Gasteiger partial charge is 0.229 e. The third-order valence-corrected chi connectivity index (χ3v) is 4.88. The third kappa shape index (κ3) is 8.32. The molecule has 0 saturated carbocycles. The van der Waals surface area contributed by atoms with Crippen LogP contribution in [0.5, 0.6) is 0 Å². The van der Waals surface area contributed by atoms with Gasteiger partial charge in [-0.3, -0.25) is 0 Å². The molecule has 0 aliphatic carbocycles. The molecule has 0 spiro atoms. The summed E-state index contributed by atoms with van der Waals surface area (Å²) in [6, 6.07) is -0.220. The quantitative estimate of drug-likeness (QED) is 0.655. The van der Waals surface area contributed by atoms with Crippen LogP contribution in [0.4, 0.5) is 0 Å². The Morgan fingerprint density at radius 2 is 1.75 bits per heavy atom. The molecule has 5 nitrogen and oxygen atoms in total. The third-order valence-electron chi connectivity index (χ3n) is 2.02. The van der Waals surface area contributed by atoms with Gasteiger partial charge in [-0.25, -0.2) is 21.6 Å². The van der Waals surface area contributed by atoms with E-state index in [4.69, 9.17) is 11.6 Å². The maximum absolute atomic E-state index is 11.5. The fourth-order valence-electron chi connectivity index (χ4n) is 1.05. The van der Waals surface area contributed by atoms with Crippen LogP contribution in [0.2, 0.25) is 0 Å². The lowest BCUT2D eigenvalue weighted by Crippen LogP contribution is -2.37. The van der Waals surface area contributed by atoms with Gasteiger partial charge in [0.15, 0.2) is 0 Å². The number of nitrogens with one attached hydrogen (secondary N) is 1. The van der Waals surface area contributed by atoms with E-state index >= 15 is 0 Å². The molecule has 0 fully saturated rings. The molecule has 0 aromatic heterocycles. The summed E-state index contributed by atoms with van der Waals surface area (Å²) in [6.45, 7) is 1.84. The fraction of sp³-hybridized carbons (Fsp3) is 1.00. The molecule has 1 unspecified atom stereocenters. The molecule has 0 radical (unpaired) electrons. The molecule has 0 saturated heterocycles. The van der Waals surface area contributed by atoms with E-state index in [0.29, 0.717) is 18.7 Å². The van der Waals surface area contributed by atoms with Crippen molar-refractivity contribution in [1.82, 2.24) is 4.72 Å². The van der Waals surface area contributed by atoms with Crippen LogP contribution in [0.1, 0.15) is 19.8 Å². The van der Waals surface area contributed by atoms with E-state index in [-0.39, 0.29) is 11.8 Å². The minimum atomic E-state index is -3.54. The number of hydrogen-bond donors (Lipinski definition) is 1. The summed E-state index contributed by atoms with van der Waals surface area (Å²) in [6.07, 6.45) is 2.18. The molecule has 0 amide bonds. The lowest BCUT2D eigenvalue weighted by Gasteiger charge is -2.15. The number of alkyl halides is 1. The highest BCUT2D eigenvalue weighted by molar-refractivity contribution is 7.93. The SMILES string of the molecule is CCC(CCCl)NS(=O)(=O)CCS(C)(=O)=O. The van der Waals surface area contributed by atoms with Crippen LogP contribution in [-0.2, 0) is 19.9 Å². The fourth-order valence-corrected chi connectivity index (χ4v) is 4.31. The van der Waals surface area contributed by atoms with E-state index in [1.165, 1.54) is 0 Å². The van der Waals surface area contributed by atoms with Crippen LogP contribution in [0.15, 0.2) is 0 Å². The predicted octanol–water partition coefficient (Wildman–Crippen LogP) is 0.358. The summed E-state index contributed by atoms with van der Waals surface area (Å²) in [5.41, 5.74) is 0. The lowest BCUT2D eigenvalue weighted by molar-refractivity contribution is 0.532. The molecule has 1 atom stereocenters. The van der Waals surface area contributed by atoms with Gasteiger partial charge < -0.3 is 0 Å². The number of sulfone groups is 1. The number of sulfonamides is 1. The molecule has 0 bridgehead atoms. The van der Waals surface area contributed by atoms with Gasteiger partial charge in [-0.05, 0) is 12.8 Å². The van der Waals surface area contributed by atoms with E-state index in [1.54, 1.807) is 0 Å². The summed E-state index contributed by atoms with van der Waals surface area (Å²) < 4.78 is 47.1. The standard InChI is InChI=1S/C8H18ClNO4S2/c1-3-8(4-5-9)10-16(13,14)7-6-15(2,11)12/h8,10H,3-7H2,1-2H3. The first-order valence-corrected chi connectivity index (χ1v) is 9.18. The number of halogens is 1. The van der Waals surface area contributed by atoms with Crippen molar-refractivity contribution < 1.29 is 16.8 Å². The topological polar surface area (TPSA) is 80.3 Å². The second kappa shape index (κ2) is 6.78. The van der Waals surface area contributed by atoms with Crippen LogP contribution >= 0.6 is 11.6 Å². The van der Waals surface area contributed by atoms with Gasteiger partial charge in [0.1, 0.15) is 9.84 Å². The Kier molecular flexibility index (Phi) is 6.84. The van der Waals surface area contributed by atoms with Crippen LogP contribution in [-0.4, -0.2) is 46.5 Å². The molecule has 0 aliphatic rings. The average Bonchev–Trinajstić information content (AvgIpc) is 2.13. The van der Waals surface area contributed by atoms with Crippen molar-refractivity contribution in [3.8, 4) is 0 Å². The van der Waals surface area contributed by atoms with Crippen molar-refractivity contribution in [2.45, 2.75) is 25.8 Å². The van der Waals surface area contributed by atoms with E-state index in [1.807, 2.05) is 6.92 Å². The van der Waals surface area contributed by atoms with Gasteiger partial charge in [-0.1, -0.05) is 6.92 Å². The molecular weight excluding hydrogens is 274 g/mol. The molecule has 0 aromatic carbocycles. The van der Waals surface area contributed by atoms with Gasteiger partial charge >= 0.3 is 0 Å². The molecule has 98 valence electrons. The Labute approximate surface area is 103 Å². The summed E-state index contributed by atoms with van der Waals surface area (Å²) in [7, 11) is -6.79. The van der Waals surface area contributed by atoms with Gasteiger partial charge in [0.05, 0.1) is 11.5 Å². The Hall–Kier alpha value is 0.150. The highest BCUT2D eigenvalue weighted by Gasteiger charge is 2.18. The summed E-state index contributed by atoms with van der Waals surface area (Å²) in [5.74, 6) is -0.392. The minimum absolute atomic E-state index is 0.220. The van der Waals surface area contributed by atoms with Crippen LogP contribution in [0, 0.1) is 0 Å². The molecule has 0 heterocycles. The first kappa shape index (κ1) is 16.1. The molecule has 0 aliphatic heterocycles. The zero-order valence-electron chi connectivity index (χ0n) is 9.44. The first-order chi connectivity index (χ1) is 7.20. The molecule has 0 aromatic rings. The summed E-state index contributed by atoms with van der Waals surface area (Å²) in [5, 5.41) is 0. The average molecular weight is 292 g/mol. The highest BCUT2D eigenvalue weighted by atomic mass is 35.5. The Balaban J connectivity index is 4.34. The second-order valence-electron chi connectivity index (χ2n) is 3.65. The monoisotopic (exact) mass is 291 g/mol. The smallest absolute Gasteiger partial charge is 0.212 e. The molecule has 16 heavy (non-hydrogen) atoms. The van der Waals surface area contributed by atoms with Crippen molar-refractivity contribution in [3.05, 3.63) is 0 Å². The van der Waals surface area contributed by atoms with E-state index in [0.717, 1.165) is 6.26 Å². The van der Waals surface area contributed by atoms with Crippen LogP contribution in [0.25, 0.3) is 0 Å². The number of hydrogen-bond acceptors (Lipinski definition) is 4. The zero-order chi connectivity index (χ0) is 12.8. The van der Waals surface area contributed by atoms with Gasteiger partial charge in [-0.2, -0.15) is 0 Å². The van der Waals surface area contributed by atoms with Gasteiger partial charge in [0, 0.05) is 18.2 Å². The van der Waals surface area contributed by atoms with Crippen molar-refractivity contribution in [2.75, 3.05) is 23.6 Å². The molecule has 0 rings (SSSR count). The predicted molar refractivity (Wildman–Crippen MR) is 66.0 cm³/mol. The van der Waals surface area contributed by atoms with Gasteiger partial charge in [-0.15, -0.1) is 11.6 Å². The maximum Gasteiger partial charge on any atom is 0.212 e. The van der Waals surface area contributed by atoms with Crippen molar-refractivity contribution in [2.24, 2.45) is 0 Å². The van der Waals surface area contributed by atoms with Crippen LogP contribution in [0.3, 0.4) is 0 Å². The number of rotatable bonds is 8. The molecule has 1 N–H and O–H groups in total. The van der Waals surface area contributed by atoms with E-state index in [9.17, 15) is 16.8 Å². The van der Waals surface area contributed by atoms with E-state index < -0.39 is 25.6 Å². The van der Waals surface area contributed by atoms with Crippen LogP contribution < -0.4 is 4.72 Å². The lowest BCUT2D eigenvalue weighted by atomic mass is 10.2. The zero-order valence-corrected chi connectivity index (χ0v) is 11.8. The Bertz CT molecular complexity index is 390. The molecule has 8 heteroatoms. The van der Waals surface area contributed by atoms with Gasteiger partial charge in [0.25, 0.3) is 0 Å². The maximum atomic E-state index is 11.5. The first-order valence-electron chi connectivity index (χ1n) is 4.94. The minimum Gasteiger partial charge on any atom is -0.229 e. The molecular formula is C8H18ClNO4S2. The van der Waals surface area contributed by atoms with Gasteiger partial charge in [0.2, 0.25) is 10.0 Å². The highest BCUT2D eigenvalue weighted by Crippen LogP contribution is 2.02. The second-order valence-corrected chi connectivity index (χ2v) is 8.16. The Morgan fingerprint density at radius 3 is 2.12 bits per heavy atom. The van der Waals surface area contributed by atoms with E-state index in [2.05, 4.69) is 4.72 Å². The normalized spacial score (nSPS) is 14.9. The summed E-state index contributed by atoms with van der Waals surface area (Å²) in [4.78, 5) is 0. The van der Waals surface area contributed by atoms with Crippen molar-refractivity contribution in [3.63, 3.8) is 0 Å². The van der Waals surface area contributed by atoms with Crippen molar-refractivity contribution >= 4 is 31.5 Å². The van der Waals surface area contributed by atoms with Crippen molar-refractivity contribution in [1.29, 1.82) is 0 Å².